The summed E-state index contributed by atoms with van der Waals surface area (Å²) < 4.78 is 5.74. The molecule has 2 unspecified atom stereocenters. The van der Waals surface area contributed by atoms with Gasteiger partial charge in [0.1, 0.15) is 6.10 Å². The second-order valence-electron chi connectivity index (χ2n) is 6.26. The first-order chi connectivity index (χ1) is 10.1. The van der Waals surface area contributed by atoms with Crippen molar-refractivity contribution in [2.45, 2.75) is 63.2 Å². The highest BCUT2D eigenvalue weighted by Gasteiger charge is 2.31. The van der Waals surface area contributed by atoms with Gasteiger partial charge in [-0.15, -0.1) is 24.0 Å². The van der Waals surface area contributed by atoms with Gasteiger partial charge in [0.15, 0.2) is 5.96 Å². The normalized spacial score (nSPS) is 26.4. The molecule has 3 N–H and O–H groups in total. The Kier molecular flexibility index (Phi) is 8.45. The van der Waals surface area contributed by atoms with Gasteiger partial charge in [-0.2, -0.15) is 0 Å². The van der Waals surface area contributed by atoms with Crippen LogP contribution in [0.4, 0.5) is 0 Å². The SMILES string of the molecule is CN(C)C(=O)C1CCC(CN=C(N)NC2CCCCC2)O1.I. The minimum absolute atomic E-state index is 0. The summed E-state index contributed by atoms with van der Waals surface area (Å²) in [4.78, 5) is 17.8. The number of aliphatic imine (C=N–C) groups is 1. The predicted octanol–water partition coefficient (Wildman–Crippen LogP) is 1.48. The maximum atomic E-state index is 11.8. The Bertz CT molecular complexity index is 384. The van der Waals surface area contributed by atoms with Gasteiger partial charge in [-0.1, -0.05) is 19.3 Å². The van der Waals surface area contributed by atoms with Crippen molar-refractivity contribution in [2.75, 3.05) is 20.6 Å². The van der Waals surface area contributed by atoms with Gasteiger partial charge in [0.05, 0.1) is 12.6 Å². The molecule has 1 amide bonds. The van der Waals surface area contributed by atoms with E-state index in [1.165, 1.54) is 32.1 Å². The Morgan fingerprint density at radius 1 is 1.23 bits per heavy atom. The number of likely N-dealkylation sites (N-methyl/N-ethyl adjacent to an activating group) is 1. The number of ether oxygens (including phenoxy) is 1. The van der Waals surface area contributed by atoms with Crippen LogP contribution in [0.5, 0.6) is 0 Å². The fraction of sp³-hybridized carbons (Fsp3) is 0.867. The molecule has 22 heavy (non-hydrogen) atoms. The highest BCUT2D eigenvalue weighted by molar-refractivity contribution is 14.0. The van der Waals surface area contributed by atoms with Gasteiger partial charge < -0.3 is 20.7 Å². The van der Waals surface area contributed by atoms with Crippen LogP contribution >= 0.6 is 24.0 Å². The number of nitrogens with two attached hydrogens (primary N) is 1. The molecule has 2 fully saturated rings. The third-order valence-corrected chi connectivity index (χ3v) is 4.25. The summed E-state index contributed by atoms with van der Waals surface area (Å²) in [5.41, 5.74) is 5.93. The number of hydrogen-bond donors (Lipinski definition) is 2. The molecule has 2 atom stereocenters. The summed E-state index contributed by atoms with van der Waals surface area (Å²) in [6, 6.07) is 0.468. The Labute approximate surface area is 150 Å². The molecule has 7 heteroatoms. The molecule has 1 heterocycles. The Morgan fingerprint density at radius 2 is 1.91 bits per heavy atom. The van der Waals surface area contributed by atoms with Crippen LogP contribution in [0.2, 0.25) is 0 Å². The van der Waals surface area contributed by atoms with Gasteiger partial charge in [0.25, 0.3) is 5.91 Å². The van der Waals surface area contributed by atoms with E-state index in [9.17, 15) is 4.79 Å². The van der Waals surface area contributed by atoms with E-state index < -0.39 is 0 Å². The summed E-state index contributed by atoms with van der Waals surface area (Å²) in [5, 5.41) is 3.29. The monoisotopic (exact) mass is 424 g/mol. The second-order valence-corrected chi connectivity index (χ2v) is 6.26. The number of nitrogens with one attached hydrogen (secondary N) is 1. The molecule has 0 aromatic carbocycles. The molecule has 1 saturated heterocycles. The van der Waals surface area contributed by atoms with Crippen molar-refractivity contribution in [1.82, 2.24) is 10.2 Å². The molecule has 128 valence electrons. The van der Waals surface area contributed by atoms with Gasteiger partial charge in [-0.3, -0.25) is 9.79 Å². The number of nitrogens with zero attached hydrogens (tertiary/aromatic N) is 2. The van der Waals surface area contributed by atoms with E-state index in [1.807, 2.05) is 0 Å². The largest absolute Gasteiger partial charge is 0.370 e. The van der Waals surface area contributed by atoms with E-state index in [1.54, 1.807) is 19.0 Å². The summed E-state index contributed by atoms with van der Waals surface area (Å²) >= 11 is 0. The maximum Gasteiger partial charge on any atom is 0.251 e. The molecular weight excluding hydrogens is 395 g/mol. The van der Waals surface area contributed by atoms with Crippen LogP contribution in [-0.2, 0) is 9.53 Å². The van der Waals surface area contributed by atoms with Crippen LogP contribution < -0.4 is 11.1 Å². The van der Waals surface area contributed by atoms with Crippen molar-refractivity contribution in [3.63, 3.8) is 0 Å². The predicted molar refractivity (Wildman–Crippen MR) is 98.5 cm³/mol. The van der Waals surface area contributed by atoms with Crippen molar-refractivity contribution < 1.29 is 9.53 Å². The van der Waals surface area contributed by atoms with E-state index in [2.05, 4.69) is 10.3 Å². The number of carbonyl (C=O) groups excluding carboxylic acids is 1. The average Bonchev–Trinajstić information content (AvgIpc) is 2.94. The molecule has 1 aliphatic heterocycles. The Hall–Kier alpha value is -0.570. The number of amides is 1. The Balaban J connectivity index is 0.00000242. The van der Waals surface area contributed by atoms with Crippen LogP contribution in [0.3, 0.4) is 0 Å². The standard InChI is InChI=1S/C15H28N4O2.HI/c1-19(2)14(20)13-9-8-12(21-13)10-17-15(16)18-11-6-4-3-5-7-11;/h11-13H,3-10H2,1-2H3,(H3,16,17,18);1H. The molecule has 2 rings (SSSR count). The maximum absolute atomic E-state index is 11.8. The zero-order valence-electron chi connectivity index (χ0n) is 13.6. The molecule has 0 aromatic heterocycles. The molecule has 0 bridgehead atoms. The minimum atomic E-state index is -0.312. The van der Waals surface area contributed by atoms with Gasteiger partial charge in [0.2, 0.25) is 0 Å². The summed E-state index contributed by atoms with van der Waals surface area (Å²) in [5.74, 6) is 0.544. The van der Waals surface area contributed by atoms with Crippen LogP contribution in [0.1, 0.15) is 44.9 Å². The number of rotatable bonds is 4. The van der Waals surface area contributed by atoms with Crippen molar-refractivity contribution in [2.24, 2.45) is 10.7 Å². The van der Waals surface area contributed by atoms with E-state index >= 15 is 0 Å². The van der Waals surface area contributed by atoms with Crippen LogP contribution in [0, 0.1) is 0 Å². The van der Waals surface area contributed by atoms with Crippen molar-refractivity contribution >= 4 is 35.8 Å². The lowest BCUT2D eigenvalue weighted by atomic mass is 9.96. The van der Waals surface area contributed by atoms with Crippen molar-refractivity contribution in [3.8, 4) is 0 Å². The minimum Gasteiger partial charge on any atom is -0.370 e. The van der Waals surface area contributed by atoms with Gasteiger partial charge in [-0.05, 0) is 25.7 Å². The van der Waals surface area contributed by atoms with E-state index in [0.29, 0.717) is 18.5 Å². The van der Waals surface area contributed by atoms with Crippen LogP contribution in [0.15, 0.2) is 4.99 Å². The first-order valence-electron chi connectivity index (χ1n) is 7.99. The molecular formula is C15H29IN4O2. The van der Waals surface area contributed by atoms with Crippen molar-refractivity contribution in [1.29, 1.82) is 0 Å². The van der Waals surface area contributed by atoms with E-state index in [4.69, 9.17) is 10.5 Å². The first kappa shape index (κ1) is 19.5. The average molecular weight is 424 g/mol. The van der Waals surface area contributed by atoms with Gasteiger partial charge >= 0.3 is 0 Å². The molecule has 0 spiro atoms. The molecule has 0 aromatic rings. The van der Waals surface area contributed by atoms with E-state index in [-0.39, 0.29) is 42.1 Å². The summed E-state index contributed by atoms with van der Waals surface area (Å²) in [6.07, 6.45) is 7.55. The molecule has 2 aliphatic rings. The van der Waals surface area contributed by atoms with Crippen LogP contribution in [-0.4, -0.2) is 55.7 Å². The summed E-state index contributed by atoms with van der Waals surface area (Å²) in [6.45, 7) is 0.531. The number of halogens is 1. The van der Waals surface area contributed by atoms with Gasteiger partial charge in [0, 0.05) is 20.1 Å². The third-order valence-electron chi connectivity index (χ3n) is 4.25. The third kappa shape index (κ3) is 5.91. The smallest absolute Gasteiger partial charge is 0.251 e. The quantitative estimate of drug-likeness (QED) is 0.407. The Morgan fingerprint density at radius 3 is 2.55 bits per heavy atom. The second kappa shape index (κ2) is 9.54. The highest BCUT2D eigenvalue weighted by atomic mass is 127. The lowest BCUT2D eigenvalue weighted by Crippen LogP contribution is -2.41. The van der Waals surface area contributed by atoms with E-state index in [0.717, 1.165) is 12.8 Å². The lowest BCUT2D eigenvalue weighted by molar-refractivity contribution is -0.140. The molecule has 0 radical (unpaired) electrons. The molecule has 1 saturated carbocycles. The van der Waals surface area contributed by atoms with Crippen LogP contribution in [0.25, 0.3) is 0 Å². The number of carbonyl (C=O) groups is 1. The first-order valence-corrected chi connectivity index (χ1v) is 7.99. The molecule has 1 aliphatic carbocycles. The topological polar surface area (TPSA) is 80.0 Å². The highest BCUT2D eigenvalue weighted by Crippen LogP contribution is 2.21. The summed E-state index contributed by atoms with van der Waals surface area (Å²) in [7, 11) is 3.51. The zero-order chi connectivity index (χ0) is 15.2. The number of guanidine groups is 1. The lowest BCUT2D eigenvalue weighted by Gasteiger charge is -2.23. The van der Waals surface area contributed by atoms with Crippen molar-refractivity contribution in [3.05, 3.63) is 0 Å². The zero-order valence-corrected chi connectivity index (χ0v) is 15.9. The fourth-order valence-corrected chi connectivity index (χ4v) is 3.01. The molecule has 6 nitrogen and oxygen atoms in total. The number of hydrogen-bond acceptors (Lipinski definition) is 3. The van der Waals surface area contributed by atoms with Gasteiger partial charge in [-0.25, -0.2) is 0 Å². The fourth-order valence-electron chi connectivity index (χ4n) is 3.01.